The van der Waals surface area contributed by atoms with Crippen LogP contribution in [-0.4, -0.2) is 35.1 Å². The molecule has 1 aromatic carbocycles. The minimum Gasteiger partial charge on any atom is -0.336 e. The summed E-state index contributed by atoms with van der Waals surface area (Å²) in [6, 6.07) is 8.56. The number of nitrogens with one attached hydrogen (secondary N) is 1. The normalized spacial score (nSPS) is 14.9. The van der Waals surface area contributed by atoms with Crippen molar-refractivity contribution in [2.24, 2.45) is 5.92 Å². The molecule has 0 atom stereocenters. The summed E-state index contributed by atoms with van der Waals surface area (Å²) in [7, 11) is 0. The number of carbonyl (C=O) groups is 1. The first-order chi connectivity index (χ1) is 13.5. The Morgan fingerprint density at radius 3 is 2.64 bits per heavy atom. The summed E-state index contributed by atoms with van der Waals surface area (Å²) in [5.74, 6) is -0.622. The molecule has 2 amide bonds. The summed E-state index contributed by atoms with van der Waals surface area (Å²) in [5.41, 5.74) is 0.452. The monoisotopic (exact) mass is 389 g/mol. The summed E-state index contributed by atoms with van der Waals surface area (Å²) in [6.45, 7) is 2.15. The number of urea groups is 1. The fraction of sp³-hybridized carbons (Fsp3) is 0.429. The molecule has 1 aliphatic rings. The molecule has 1 aromatic heterocycles. The average Bonchev–Trinajstić information content (AvgIpc) is 2.69. The van der Waals surface area contributed by atoms with Gasteiger partial charge in [-0.2, -0.15) is 0 Å². The van der Waals surface area contributed by atoms with Crippen LogP contribution in [0.25, 0.3) is 0 Å². The highest BCUT2D eigenvalue weighted by atomic mass is 19.1. The quantitative estimate of drug-likeness (QED) is 0.825. The van der Waals surface area contributed by atoms with Gasteiger partial charge in [-0.05, 0) is 49.3 Å². The maximum atomic E-state index is 13.7. The Morgan fingerprint density at radius 1 is 1.14 bits per heavy atom. The summed E-state index contributed by atoms with van der Waals surface area (Å²) >= 11 is 0. The molecule has 1 N–H and O–H groups in total. The van der Waals surface area contributed by atoms with E-state index in [0.29, 0.717) is 44.1 Å². The number of aromatic nitrogens is 1. The van der Waals surface area contributed by atoms with Gasteiger partial charge in [-0.15, -0.1) is 0 Å². The number of carbonyl (C=O) groups excluding carboxylic acids is 1. The van der Waals surface area contributed by atoms with Crippen LogP contribution in [0.5, 0.6) is 0 Å². The van der Waals surface area contributed by atoms with Gasteiger partial charge in [-0.25, -0.2) is 13.6 Å². The molecule has 0 radical (unpaired) electrons. The number of halogens is 2. The smallest absolute Gasteiger partial charge is 0.317 e. The van der Waals surface area contributed by atoms with Gasteiger partial charge in [0.1, 0.15) is 11.6 Å². The van der Waals surface area contributed by atoms with Crippen molar-refractivity contribution < 1.29 is 13.6 Å². The molecule has 0 bridgehead atoms. The first-order valence-electron chi connectivity index (χ1n) is 9.65. The Hall–Kier alpha value is -2.70. The van der Waals surface area contributed by atoms with Crippen molar-refractivity contribution in [3.63, 3.8) is 0 Å². The van der Waals surface area contributed by atoms with Crippen molar-refractivity contribution in [1.82, 2.24) is 14.8 Å². The van der Waals surface area contributed by atoms with Crippen LogP contribution < -0.4 is 10.9 Å². The molecule has 1 fully saturated rings. The van der Waals surface area contributed by atoms with E-state index in [9.17, 15) is 18.4 Å². The topological polar surface area (TPSA) is 54.3 Å². The number of likely N-dealkylation sites (tertiary alicyclic amines) is 1. The van der Waals surface area contributed by atoms with E-state index in [1.165, 1.54) is 18.2 Å². The van der Waals surface area contributed by atoms with E-state index in [2.05, 4.69) is 5.32 Å². The van der Waals surface area contributed by atoms with Gasteiger partial charge in [0.15, 0.2) is 0 Å². The van der Waals surface area contributed by atoms with Crippen molar-refractivity contribution in [3.05, 3.63) is 70.1 Å². The molecule has 3 rings (SSSR count). The lowest BCUT2D eigenvalue weighted by Gasteiger charge is -2.32. The summed E-state index contributed by atoms with van der Waals surface area (Å²) in [5, 5.41) is 2.86. The highest BCUT2D eigenvalue weighted by Gasteiger charge is 2.22. The van der Waals surface area contributed by atoms with Crippen LogP contribution >= 0.6 is 0 Å². The van der Waals surface area contributed by atoms with E-state index in [4.69, 9.17) is 0 Å². The van der Waals surface area contributed by atoms with E-state index in [0.717, 1.165) is 25.3 Å². The van der Waals surface area contributed by atoms with Crippen LogP contribution in [0.2, 0.25) is 0 Å². The molecular weight excluding hydrogens is 364 g/mol. The van der Waals surface area contributed by atoms with Crippen molar-refractivity contribution in [2.75, 3.05) is 19.6 Å². The van der Waals surface area contributed by atoms with Gasteiger partial charge in [-0.1, -0.05) is 12.1 Å². The van der Waals surface area contributed by atoms with Gasteiger partial charge in [0.05, 0.1) is 0 Å². The molecule has 28 heavy (non-hydrogen) atoms. The molecule has 0 saturated carbocycles. The van der Waals surface area contributed by atoms with Crippen LogP contribution in [0.1, 0.15) is 24.8 Å². The van der Waals surface area contributed by atoms with Crippen molar-refractivity contribution in [1.29, 1.82) is 0 Å². The fourth-order valence-electron chi connectivity index (χ4n) is 3.55. The highest BCUT2D eigenvalue weighted by Crippen LogP contribution is 2.23. The minimum atomic E-state index is -0.558. The fourth-order valence-corrected chi connectivity index (χ4v) is 3.55. The van der Waals surface area contributed by atoms with E-state index in [-0.39, 0.29) is 11.6 Å². The summed E-state index contributed by atoms with van der Waals surface area (Å²) in [4.78, 5) is 25.7. The number of hydrogen-bond acceptors (Lipinski definition) is 2. The maximum Gasteiger partial charge on any atom is 0.317 e. The average molecular weight is 389 g/mol. The molecule has 7 heteroatoms. The second kappa shape index (κ2) is 9.48. The van der Waals surface area contributed by atoms with E-state index in [1.54, 1.807) is 27.8 Å². The second-order valence-corrected chi connectivity index (χ2v) is 7.17. The Bertz CT molecular complexity index is 861. The zero-order valence-corrected chi connectivity index (χ0v) is 15.7. The minimum absolute atomic E-state index is 0.0878. The second-order valence-electron chi connectivity index (χ2n) is 7.17. The van der Waals surface area contributed by atoms with Crippen molar-refractivity contribution in [2.45, 2.75) is 32.2 Å². The van der Waals surface area contributed by atoms with Gasteiger partial charge in [0.2, 0.25) is 0 Å². The number of piperidine rings is 1. The van der Waals surface area contributed by atoms with E-state index >= 15 is 0 Å². The lowest BCUT2D eigenvalue weighted by molar-refractivity contribution is 0.168. The SMILES string of the molecule is O=C(NCCn1ccccc1=O)N1CCC(CCc2ccc(F)cc2F)CC1. The molecule has 0 aliphatic carbocycles. The van der Waals surface area contributed by atoms with E-state index < -0.39 is 11.6 Å². The third kappa shape index (κ3) is 5.41. The van der Waals surface area contributed by atoms with Gasteiger partial charge in [-0.3, -0.25) is 4.79 Å². The van der Waals surface area contributed by atoms with Gasteiger partial charge >= 0.3 is 6.03 Å². The Morgan fingerprint density at radius 2 is 1.93 bits per heavy atom. The van der Waals surface area contributed by atoms with E-state index in [1.807, 2.05) is 0 Å². The first-order valence-corrected chi connectivity index (χ1v) is 9.65. The Balaban J connectivity index is 1.38. The lowest BCUT2D eigenvalue weighted by atomic mass is 9.90. The Labute approximate surface area is 163 Å². The first kappa shape index (κ1) is 20.0. The zero-order chi connectivity index (χ0) is 19.9. The number of aryl methyl sites for hydroxylation is 1. The number of amides is 2. The van der Waals surface area contributed by atoms with Crippen LogP contribution in [0.4, 0.5) is 13.6 Å². The van der Waals surface area contributed by atoms with Crippen LogP contribution in [0, 0.1) is 17.6 Å². The molecular formula is C21H25F2N3O2. The number of pyridine rings is 1. The largest absolute Gasteiger partial charge is 0.336 e. The maximum absolute atomic E-state index is 13.7. The molecule has 0 unspecified atom stereocenters. The lowest BCUT2D eigenvalue weighted by Crippen LogP contribution is -2.45. The summed E-state index contributed by atoms with van der Waals surface area (Å²) < 4.78 is 28.2. The number of nitrogens with zero attached hydrogens (tertiary/aromatic N) is 2. The number of rotatable bonds is 6. The number of benzene rings is 1. The van der Waals surface area contributed by atoms with Crippen LogP contribution in [-0.2, 0) is 13.0 Å². The molecule has 150 valence electrons. The third-order valence-electron chi connectivity index (χ3n) is 5.27. The van der Waals surface area contributed by atoms with Gasteiger partial charge in [0.25, 0.3) is 5.56 Å². The molecule has 1 saturated heterocycles. The highest BCUT2D eigenvalue weighted by molar-refractivity contribution is 5.74. The molecule has 1 aliphatic heterocycles. The Kier molecular flexibility index (Phi) is 6.79. The van der Waals surface area contributed by atoms with Crippen molar-refractivity contribution in [3.8, 4) is 0 Å². The molecule has 5 nitrogen and oxygen atoms in total. The third-order valence-corrected chi connectivity index (χ3v) is 5.27. The van der Waals surface area contributed by atoms with Gasteiger partial charge in [0, 0.05) is 44.5 Å². The predicted octanol–water partition coefficient (Wildman–Crippen LogP) is 3.18. The predicted molar refractivity (Wildman–Crippen MR) is 103 cm³/mol. The molecule has 2 aromatic rings. The van der Waals surface area contributed by atoms with Crippen molar-refractivity contribution >= 4 is 6.03 Å². The standard InChI is InChI=1S/C21H25F2N3O2/c22-18-7-6-17(19(23)15-18)5-4-16-8-12-26(13-9-16)21(28)24-10-14-25-11-2-1-3-20(25)27/h1-3,6-7,11,15-16H,4-5,8-10,12-14H2,(H,24,28). The molecule has 2 heterocycles. The van der Waals surface area contributed by atoms with Crippen LogP contribution in [0.3, 0.4) is 0 Å². The summed E-state index contributed by atoms with van der Waals surface area (Å²) in [6.07, 6.45) is 4.84. The number of hydrogen-bond donors (Lipinski definition) is 1. The molecule has 0 spiro atoms. The van der Waals surface area contributed by atoms with Crippen LogP contribution in [0.15, 0.2) is 47.4 Å². The zero-order valence-electron chi connectivity index (χ0n) is 15.7. The van der Waals surface area contributed by atoms with Gasteiger partial charge < -0.3 is 14.8 Å².